The molecule has 0 aliphatic carbocycles. The van der Waals surface area contributed by atoms with Crippen LogP contribution in [-0.2, 0) is 5.54 Å². The quantitative estimate of drug-likeness (QED) is 0.736. The van der Waals surface area contributed by atoms with Gasteiger partial charge >= 0.3 is 0 Å². The molecule has 0 amide bonds. The number of halogens is 2. The van der Waals surface area contributed by atoms with E-state index in [0.29, 0.717) is 4.88 Å². The minimum atomic E-state index is -2.51. The summed E-state index contributed by atoms with van der Waals surface area (Å²) in [5.41, 5.74) is 3.89. The fraction of sp³-hybridized carbons (Fsp3) is 0.429. The van der Waals surface area contributed by atoms with Crippen LogP contribution < -0.4 is 5.73 Å². The third-order valence-electron chi connectivity index (χ3n) is 1.51. The smallest absolute Gasteiger partial charge is 0.260 e. The molecule has 1 aromatic rings. The Labute approximate surface area is 67.8 Å². The van der Waals surface area contributed by atoms with Crippen LogP contribution in [0.3, 0.4) is 0 Å². The van der Waals surface area contributed by atoms with Gasteiger partial charge in [-0.2, -0.15) is 0 Å². The van der Waals surface area contributed by atoms with Crippen LogP contribution in [0.5, 0.6) is 0 Å². The monoisotopic (exact) mass is 177 g/mol. The van der Waals surface area contributed by atoms with Crippen molar-refractivity contribution in [3.63, 3.8) is 0 Å². The molecule has 11 heavy (non-hydrogen) atoms. The minimum Gasteiger partial charge on any atom is -0.316 e. The highest BCUT2D eigenvalue weighted by molar-refractivity contribution is 7.10. The first-order valence-electron chi connectivity index (χ1n) is 3.16. The lowest BCUT2D eigenvalue weighted by Crippen LogP contribution is -2.39. The molecule has 4 heteroatoms. The van der Waals surface area contributed by atoms with Crippen molar-refractivity contribution in [2.24, 2.45) is 5.73 Å². The lowest BCUT2D eigenvalue weighted by Gasteiger charge is -2.21. The third-order valence-corrected chi connectivity index (χ3v) is 2.63. The molecule has 0 aliphatic rings. The maximum Gasteiger partial charge on any atom is 0.260 e. The van der Waals surface area contributed by atoms with Crippen LogP contribution in [0.1, 0.15) is 11.8 Å². The Bertz CT molecular complexity index is 218. The first kappa shape index (κ1) is 8.62. The van der Waals surface area contributed by atoms with Gasteiger partial charge in [-0.25, -0.2) is 8.78 Å². The fourth-order valence-electron chi connectivity index (χ4n) is 0.693. The summed E-state index contributed by atoms with van der Waals surface area (Å²) >= 11 is 1.25. The molecular weight excluding hydrogens is 168 g/mol. The van der Waals surface area contributed by atoms with Gasteiger partial charge in [0, 0.05) is 4.88 Å². The number of alkyl halides is 2. The maximum atomic E-state index is 12.3. The lowest BCUT2D eigenvalue weighted by atomic mass is 10.0. The first-order valence-corrected chi connectivity index (χ1v) is 4.04. The van der Waals surface area contributed by atoms with Gasteiger partial charge in [0.25, 0.3) is 6.43 Å². The predicted molar refractivity (Wildman–Crippen MR) is 41.9 cm³/mol. The molecule has 1 atom stereocenters. The van der Waals surface area contributed by atoms with Gasteiger partial charge in [0.2, 0.25) is 0 Å². The average molecular weight is 177 g/mol. The van der Waals surface area contributed by atoms with Crippen LogP contribution in [0.15, 0.2) is 17.5 Å². The Morgan fingerprint density at radius 1 is 1.64 bits per heavy atom. The third kappa shape index (κ3) is 1.57. The molecule has 2 N–H and O–H groups in total. The Morgan fingerprint density at radius 3 is 2.64 bits per heavy atom. The number of nitrogens with two attached hydrogens (primary N) is 1. The van der Waals surface area contributed by atoms with Gasteiger partial charge < -0.3 is 5.73 Å². The van der Waals surface area contributed by atoms with E-state index in [1.807, 2.05) is 0 Å². The van der Waals surface area contributed by atoms with Crippen molar-refractivity contribution in [1.29, 1.82) is 0 Å². The zero-order valence-corrected chi connectivity index (χ0v) is 6.87. The number of hydrogen-bond acceptors (Lipinski definition) is 2. The molecule has 0 saturated heterocycles. The molecule has 1 rings (SSSR count). The number of rotatable bonds is 2. The van der Waals surface area contributed by atoms with Gasteiger partial charge in [0.15, 0.2) is 0 Å². The Morgan fingerprint density at radius 2 is 2.27 bits per heavy atom. The minimum absolute atomic E-state index is 0.521. The summed E-state index contributed by atoms with van der Waals surface area (Å²) < 4.78 is 24.5. The Kier molecular flexibility index (Phi) is 2.25. The normalized spacial score (nSPS) is 16.8. The second-order valence-corrected chi connectivity index (χ2v) is 3.51. The highest BCUT2D eigenvalue weighted by Crippen LogP contribution is 2.28. The summed E-state index contributed by atoms with van der Waals surface area (Å²) in [5.74, 6) is 0. The van der Waals surface area contributed by atoms with E-state index in [1.165, 1.54) is 18.3 Å². The van der Waals surface area contributed by atoms with Crippen LogP contribution in [0.25, 0.3) is 0 Å². The standard InChI is InChI=1S/C7H9F2NS/c1-7(10,6(8)9)5-3-2-4-11-5/h2-4,6H,10H2,1H3. The lowest BCUT2D eigenvalue weighted by molar-refractivity contribution is 0.0644. The van der Waals surface area contributed by atoms with E-state index in [4.69, 9.17) is 5.73 Å². The molecule has 0 aromatic carbocycles. The molecule has 1 unspecified atom stereocenters. The zero-order chi connectivity index (χ0) is 8.48. The summed E-state index contributed by atoms with van der Waals surface area (Å²) in [6, 6.07) is 3.34. The van der Waals surface area contributed by atoms with Crippen LogP contribution in [0, 0.1) is 0 Å². The molecule has 0 aliphatic heterocycles. The van der Waals surface area contributed by atoms with Crippen molar-refractivity contribution >= 4 is 11.3 Å². The predicted octanol–water partition coefficient (Wildman–Crippen LogP) is 2.19. The highest BCUT2D eigenvalue weighted by atomic mass is 32.1. The molecule has 1 aromatic heterocycles. The van der Waals surface area contributed by atoms with E-state index < -0.39 is 12.0 Å². The Balaban J connectivity index is 2.90. The van der Waals surface area contributed by atoms with E-state index >= 15 is 0 Å². The van der Waals surface area contributed by atoms with Crippen molar-refractivity contribution in [1.82, 2.24) is 0 Å². The molecule has 0 saturated carbocycles. The van der Waals surface area contributed by atoms with E-state index in [-0.39, 0.29) is 0 Å². The van der Waals surface area contributed by atoms with E-state index in [2.05, 4.69) is 0 Å². The van der Waals surface area contributed by atoms with Crippen LogP contribution >= 0.6 is 11.3 Å². The van der Waals surface area contributed by atoms with Gasteiger partial charge in [0.05, 0.1) is 0 Å². The second kappa shape index (κ2) is 2.87. The molecular formula is C7H9F2NS. The van der Waals surface area contributed by atoms with Gasteiger partial charge in [-0.3, -0.25) is 0 Å². The largest absolute Gasteiger partial charge is 0.316 e. The summed E-state index contributed by atoms with van der Waals surface area (Å²) in [6.45, 7) is 1.34. The van der Waals surface area contributed by atoms with Crippen molar-refractivity contribution in [2.45, 2.75) is 18.9 Å². The molecule has 0 fully saturated rings. The zero-order valence-electron chi connectivity index (χ0n) is 6.05. The van der Waals surface area contributed by atoms with E-state index in [0.717, 1.165) is 0 Å². The molecule has 0 radical (unpaired) electrons. The number of hydrogen-bond donors (Lipinski definition) is 1. The summed E-state index contributed by atoms with van der Waals surface area (Å²) in [5, 5.41) is 1.74. The Hall–Kier alpha value is -0.480. The fourth-order valence-corrected chi connectivity index (χ4v) is 1.50. The summed E-state index contributed by atoms with van der Waals surface area (Å²) in [6.07, 6.45) is -2.51. The van der Waals surface area contributed by atoms with Crippen molar-refractivity contribution in [2.75, 3.05) is 0 Å². The molecule has 0 spiro atoms. The molecule has 62 valence electrons. The summed E-state index contributed by atoms with van der Waals surface area (Å²) in [4.78, 5) is 0.521. The molecule has 0 bridgehead atoms. The van der Waals surface area contributed by atoms with E-state index in [9.17, 15) is 8.78 Å². The van der Waals surface area contributed by atoms with Crippen LogP contribution in [0.4, 0.5) is 8.78 Å². The second-order valence-electron chi connectivity index (χ2n) is 2.56. The van der Waals surface area contributed by atoms with Gasteiger partial charge in [-0.05, 0) is 18.4 Å². The van der Waals surface area contributed by atoms with Crippen LogP contribution in [0.2, 0.25) is 0 Å². The molecule has 1 nitrogen and oxygen atoms in total. The van der Waals surface area contributed by atoms with Gasteiger partial charge in [-0.1, -0.05) is 6.07 Å². The highest BCUT2D eigenvalue weighted by Gasteiger charge is 2.32. The van der Waals surface area contributed by atoms with Gasteiger partial charge in [-0.15, -0.1) is 11.3 Å². The number of thiophene rings is 1. The van der Waals surface area contributed by atoms with Crippen molar-refractivity contribution < 1.29 is 8.78 Å². The topological polar surface area (TPSA) is 26.0 Å². The van der Waals surface area contributed by atoms with Crippen molar-refractivity contribution in [3.05, 3.63) is 22.4 Å². The maximum absolute atomic E-state index is 12.3. The first-order chi connectivity index (χ1) is 5.05. The SMILES string of the molecule is CC(N)(c1cccs1)C(F)F. The average Bonchev–Trinajstić information content (AvgIpc) is 2.37. The van der Waals surface area contributed by atoms with E-state index in [1.54, 1.807) is 17.5 Å². The van der Waals surface area contributed by atoms with Gasteiger partial charge in [0.1, 0.15) is 5.54 Å². The van der Waals surface area contributed by atoms with Crippen molar-refractivity contribution in [3.8, 4) is 0 Å². The van der Waals surface area contributed by atoms with Crippen LogP contribution in [-0.4, -0.2) is 6.43 Å². The summed E-state index contributed by atoms with van der Waals surface area (Å²) in [7, 11) is 0. The molecule has 1 heterocycles.